The van der Waals surface area contributed by atoms with Crippen LogP contribution in [0.15, 0.2) is 23.8 Å². The van der Waals surface area contributed by atoms with Gasteiger partial charge in [-0.15, -0.1) is 5.25 Å². The number of halogens is 1. The Hall–Kier alpha value is -3.41. The molecule has 250 valence electrons. The third-order valence-corrected chi connectivity index (χ3v) is 10.1. The van der Waals surface area contributed by atoms with E-state index in [1.54, 1.807) is 0 Å². The fraction of sp³-hybridized carbons (Fsp3) is 0.524. The van der Waals surface area contributed by atoms with Crippen molar-refractivity contribution in [2.75, 3.05) is 31.3 Å². The highest BCUT2D eigenvalue weighted by Crippen LogP contribution is 2.54. The number of rotatable bonds is 4. The van der Waals surface area contributed by atoms with Crippen molar-refractivity contribution in [2.45, 2.75) is 43.0 Å². The average Bonchev–Trinajstić information content (AvgIpc) is 3.79. The van der Waals surface area contributed by atoms with Gasteiger partial charge in [-0.2, -0.15) is 4.98 Å². The molecule has 26 heteroatoms. The summed E-state index contributed by atoms with van der Waals surface area (Å²) in [5.74, 6) is -1.35. The van der Waals surface area contributed by atoms with Crippen molar-refractivity contribution in [3.8, 4) is 0 Å². The zero-order chi connectivity index (χ0) is 33.2. The summed E-state index contributed by atoms with van der Waals surface area (Å²) in [5.41, 5.74) is 10.9. The van der Waals surface area contributed by atoms with Crippen LogP contribution in [0, 0.1) is 5.92 Å². The van der Waals surface area contributed by atoms with Gasteiger partial charge in [0.15, 0.2) is 41.3 Å². The number of nitrogens with zero attached hydrogens (tertiary/aromatic N) is 7. The molecular formula is C21H25BFN11O11P2. The molecule has 0 aliphatic carbocycles. The molecule has 2 radical (unpaired) electrons. The smallest absolute Gasteiger partial charge is 0.396 e. The number of aromatic amines is 1. The Morgan fingerprint density at radius 3 is 2.45 bits per heavy atom. The molecule has 3 aliphatic heterocycles. The van der Waals surface area contributed by atoms with E-state index >= 15 is 4.39 Å². The van der Waals surface area contributed by atoms with Crippen LogP contribution in [0.1, 0.15) is 12.5 Å². The van der Waals surface area contributed by atoms with Crippen molar-refractivity contribution in [1.29, 1.82) is 0 Å². The first-order chi connectivity index (χ1) is 22.4. The molecule has 0 amide bonds. The van der Waals surface area contributed by atoms with Crippen LogP contribution < -0.4 is 22.3 Å². The molecule has 4 aromatic heterocycles. The van der Waals surface area contributed by atoms with Crippen molar-refractivity contribution in [3.05, 3.63) is 29.3 Å². The number of aliphatic hydroxyl groups excluding tert-OH is 1. The molecular weight excluding hydrogens is 674 g/mol. The number of aliphatic hydroxyl groups is 1. The number of nitrogens with one attached hydrogen (secondary N) is 2. The maximum atomic E-state index is 16.1. The summed E-state index contributed by atoms with van der Waals surface area (Å²) < 4.78 is 79.6. The summed E-state index contributed by atoms with van der Waals surface area (Å²) in [6.45, 7) is -2.13. The van der Waals surface area contributed by atoms with Crippen LogP contribution in [0.25, 0.3) is 22.3 Å². The number of nitrogens with two attached hydrogens (primary N) is 2. The first kappa shape index (κ1) is 32.2. The van der Waals surface area contributed by atoms with E-state index in [1.165, 1.54) is 20.7 Å². The second-order valence-corrected chi connectivity index (χ2v) is 13.9. The summed E-state index contributed by atoms with van der Waals surface area (Å²) in [6, 6.07) is 0. The zero-order valence-corrected chi connectivity index (χ0v) is 25.5. The maximum absolute atomic E-state index is 16.1. The Morgan fingerprint density at radius 2 is 1.70 bits per heavy atom. The van der Waals surface area contributed by atoms with Crippen LogP contribution in [0.4, 0.5) is 16.2 Å². The number of hydrogen-bond donors (Lipinski definition) is 6. The summed E-state index contributed by atoms with van der Waals surface area (Å²) in [4.78, 5) is 34.8. The maximum Gasteiger partial charge on any atom is 0.428 e. The molecule has 7 rings (SSSR count). The van der Waals surface area contributed by atoms with E-state index in [1.807, 2.05) is 0 Å². The number of aromatic nitrogens is 8. The molecule has 3 saturated heterocycles. The van der Waals surface area contributed by atoms with Crippen LogP contribution in [0.5, 0.6) is 0 Å². The first-order valence-corrected chi connectivity index (χ1v) is 16.8. The van der Waals surface area contributed by atoms with Gasteiger partial charge in [0.1, 0.15) is 30.2 Å². The minimum absolute atomic E-state index is 0.0129. The molecule has 0 spiro atoms. The van der Waals surface area contributed by atoms with Crippen LogP contribution in [-0.4, -0.2) is 107 Å². The number of H-pyrrole nitrogens is 1. The van der Waals surface area contributed by atoms with Gasteiger partial charge < -0.3 is 40.3 Å². The molecule has 4 aromatic rings. The van der Waals surface area contributed by atoms with Gasteiger partial charge in [0.2, 0.25) is 13.5 Å². The lowest BCUT2D eigenvalue weighted by Crippen LogP contribution is -2.35. The van der Waals surface area contributed by atoms with Crippen molar-refractivity contribution >= 4 is 56.9 Å². The SMILES string of the molecule is [B][P@]1(=O)OC[C@H]2O[C@@H](n3cnc4c(N)ncnc43)[C@@H](F)C2OP(=O)(NO)OC[C@H]2O[C@@H](n3cnc4c(=O)[nH]c(N)nc43)[C@@H](O1)C2CO. The zero-order valence-electron chi connectivity index (χ0n) is 23.7. The summed E-state index contributed by atoms with van der Waals surface area (Å²) in [6.07, 6.45) is -7.48. The molecule has 47 heavy (non-hydrogen) atoms. The minimum atomic E-state index is -4.80. The number of fused-ring (bicyclic) bond motifs is 5. The Balaban J connectivity index is 1.24. The minimum Gasteiger partial charge on any atom is -0.396 e. The van der Waals surface area contributed by atoms with E-state index in [2.05, 4.69) is 29.9 Å². The third kappa shape index (κ3) is 5.64. The van der Waals surface area contributed by atoms with E-state index in [9.17, 15) is 24.2 Å². The van der Waals surface area contributed by atoms with Gasteiger partial charge in [0.25, 0.3) is 13.0 Å². The lowest BCUT2D eigenvalue weighted by molar-refractivity contribution is -0.0600. The molecule has 8 N–H and O–H groups in total. The Bertz CT molecular complexity index is 1980. The largest absolute Gasteiger partial charge is 0.428 e. The van der Waals surface area contributed by atoms with Crippen molar-refractivity contribution < 1.29 is 51.4 Å². The Kier molecular flexibility index (Phi) is 8.16. The molecule has 3 fully saturated rings. The fourth-order valence-electron chi connectivity index (χ4n) is 5.67. The monoisotopic (exact) mass is 699 g/mol. The van der Waals surface area contributed by atoms with E-state index in [-0.39, 0.29) is 34.1 Å². The Labute approximate surface area is 262 Å². The van der Waals surface area contributed by atoms with Crippen LogP contribution in [-0.2, 0) is 36.7 Å². The van der Waals surface area contributed by atoms with Gasteiger partial charge in [-0.05, 0) is 0 Å². The fourth-order valence-corrected chi connectivity index (χ4v) is 7.77. The van der Waals surface area contributed by atoms with Crippen molar-refractivity contribution in [2.24, 2.45) is 5.92 Å². The molecule has 10 atom stereocenters. The van der Waals surface area contributed by atoms with Crippen LogP contribution >= 0.6 is 15.2 Å². The summed E-state index contributed by atoms with van der Waals surface area (Å²) in [5, 5.41) is 21.6. The highest BCUT2D eigenvalue weighted by molar-refractivity contribution is 7.79. The van der Waals surface area contributed by atoms with Crippen molar-refractivity contribution in [3.63, 3.8) is 0 Å². The number of nitrogen functional groups attached to an aromatic ring is 2. The van der Waals surface area contributed by atoms with Gasteiger partial charge in [0.05, 0.1) is 38.6 Å². The van der Waals surface area contributed by atoms with E-state index in [4.69, 9.17) is 46.6 Å². The van der Waals surface area contributed by atoms with Gasteiger partial charge in [-0.25, -0.2) is 28.9 Å². The average molecular weight is 699 g/mol. The quantitative estimate of drug-likeness (QED) is 0.0849. The number of ether oxygens (including phenoxy) is 2. The van der Waals surface area contributed by atoms with Gasteiger partial charge in [0, 0.05) is 5.92 Å². The lowest BCUT2D eigenvalue weighted by Gasteiger charge is -2.28. The second kappa shape index (κ2) is 11.9. The highest BCUT2D eigenvalue weighted by atomic mass is 31.2. The lowest BCUT2D eigenvalue weighted by atomic mass is 9.99. The third-order valence-electron chi connectivity index (χ3n) is 7.84. The topological polar surface area (TPSA) is 301 Å². The standard InChI is InChI=1S/C21H25BFN11O11P2/c22-46(38)40-3-9-14(10(23)19(43-9)33-5-28-11-15(24)26-4-27-16(11)33)45-47(39,32-37)41-2-8-7(1-35)13(44-46)20(42-8)34-6-29-12-17(34)30-21(25)31-18(12)36/h4-10,13-14,19-20,35,37H,1-3H2,(H,32,39)(H2,24,26,27)(H3,25,30,31,36)/t7?,8-,9-,10+,13+,14?,19-,20-,46+,47?/m1/s1. The predicted molar refractivity (Wildman–Crippen MR) is 153 cm³/mol. The number of hydrogen-bond acceptors (Lipinski definition) is 18. The Morgan fingerprint density at radius 1 is 1.00 bits per heavy atom. The van der Waals surface area contributed by atoms with E-state index < -0.39 is 89.6 Å². The summed E-state index contributed by atoms with van der Waals surface area (Å²) >= 11 is 0. The van der Waals surface area contributed by atoms with Crippen LogP contribution in [0.3, 0.4) is 0 Å². The molecule has 2 bridgehead atoms. The normalized spacial score (nSPS) is 36.6. The van der Waals surface area contributed by atoms with Gasteiger partial charge >= 0.3 is 7.75 Å². The molecule has 3 aliphatic rings. The number of alkyl halides is 1. The van der Waals surface area contributed by atoms with Gasteiger partial charge in [-0.3, -0.25) is 32.5 Å². The highest BCUT2D eigenvalue weighted by Gasteiger charge is 2.54. The van der Waals surface area contributed by atoms with E-state index in [0.717, 1.165) is 12.7 Å². The summed E-state index contributed by atoms with van der Waals surface area (Å²) in [7, 11) is -3.45. The number of imidazole rings is 2. The molecule has 3 unspecified atom stereocenters. The van der Waals surface area contributed by atoms with Crippen LogP contribution in [0.2, 0.25) is 0 Å². The molecule has 0 saturated carbocycles. The second-order valence-electron chi connectivity index (χ2n) is 10.6. The predicted octanol–water partition coefficient (Wildman–Crippen LogP) is -0.954. The van der Waals surface area contributed by atoms with Gasteiger partial charge in [-0.1, -0.05) is 0 Å². The molecule has 0 aromatic carbocycles. The van der Waals surface area contributed by atoms with E-state index in [0.29, 0.717) is 0 Å². The number of anilines is 2. The molecule has 22 nitrogen and oxygen atoms in total. The first-order valence-electron chi connectivity index (χ1n) is 13.7. The molecule has 7 heterocycles. The van der Waals surface area contributed by atoms with Crippen molar-refractivity contribution in [1.82, 2.24) is 44.3 Å².